The lowest BCUT2D eigenvalue weighted by Gasteiger charge is -2.18. The summed E-state index contributed by atoms with van der Waals surface area (Å²) in [6, 6.07) is 4.90. The molecule has 0 bridgehead atoms. The Morgan fingerprint density at radius 1 is 1.60 bits per heavy atom. The van der Waals surface area contributed by atoms with E-state index in [1.165, 1.54) is 13.2 Å². The van der Waals surface area contributed by atoms with Gasteiger partial charge in [0.25, 0.3) is 5.69 Å². The van der Waals surface area contributed by atoms with Crippen LogP contribution in [0, 0.1) is 10.1 Å². The van der Waals surface area contributed by atoms with E-state index in [1.807, 2.05) is 4.90 Å². The van der Waals surface area contributed by atoms with Gasteiger partial charge >= 0.3 is 6.09 Å². The summed E-state index contributed by atoms with van der Waals surface area (Å²) in [6.07, 6.45) is 0.240. The third-order valence-electron chi connectivity index (χ3n) is 3.17. The van der Waals surface area contributed by atoms with Crippen molar-refractivity contribution >= 4 is 33.4 Å². The van der Waals surface area contributed by atoms with Crippen LogP contribution in [0.15, 0.2) is 22.7 Å². The molecular formula is C12H14BrN3O4. The molecule has 0 aromatic heterocycles. The molecule has 20 heavy (non-hydrogen) atoms. The Morgan fingerprint density at radius 3 is 3.00 bits per heavy atom. The van der Waals surface area contributed by atoms with Crippen LogP contribution < -0.4 is 10.2 Å². The molecule has 1 saturated heterocycles. The monoisotopic (exact) mass is 343 g/mol. The number of hydrogen-bond acceptors (Lipinski definition) is 5. The zero-order valence-electron chi connectivity index (χ0n) is 10.8. The molecule has 1 aromatic rings. The first kappa shape index (κ1) is 14.6. The van der Waals surface area contributed by atoms with E-state index in [0.717, 1.165) is 6.42 Å². The molecule has 0 aliphatic carbocycles. The molecule has 1 fully saturated rings. The quantitative estimate of drug-likeness (QED) is 0.672. The van der Waals surface area contributed by atoms with Crippen LogP contribution in [0.25, 0.3) is 0 Å². The Morgan fingerprint density at radius 2 is 2.35 bits per heavy atom. The Labute approximate surface area is 124 Å². The number of benzene rings is 1. The second kappa shape index (κ2) is 6.08. The molecule has 1 amide bonds. The lowest BCUT2D eigenvalue weighted by atomic mass is 10.2. The summed E-state index contributed by atoms with van der Waals surface area (Å²) in [5, 5.41) is 13.8. The third kappa shape index (κ3) is 3.19. The van der Waals surface area contributed by atoms with Crippen molar-refractivity contribution in [2.24, 2.45) is 0 Å². The Bertz CT molecular complexity index is 537. The minimum Gasteiger partial charge on any atom is -0.453 e. The fourth-order valence-electron chi connectivity index (χ4n) is 2.23. The first-order valence-electron chi connectivity index (χ1n) is 6.04. The SMILES string of the molecule is COC(=O)NC1CCN(c2ccc(Br)cc2[N+](=O)[O-])C1. The van der Waals surface area contributed by atoms with E-state index in [0.29, 0.717) is 23.2 Å². The summed E-state index contributed by atoms with van der Waals surface area (Å²) in [6.45, 7) is 1.18. The van der Waals surface area contributed by atoms with Gasteiger partial charge in [0, 0.05) is 23.6 Å². The summed E-state index contributed by atoms with van der Waals surface area (Å²) in [4.78, 5) is 23.8. The second-order valence-electron chi connectivity index (χ2n) is 4.46. The molecule has 1 unspecified atom stereocenters. The predicted octanol–water partition coefficient (Wildman–Crippen LogP) is 2.29. The first-order chi connectivity index (χ1) is 9.51. The number of ether oxygens (including phenoxy) is 1. The maximum atomic E-state index is 11.2. The molecule has 0 saturated carbocycles. The van der Waals surface area contributed by atoms with E-state index < -0.39 is 11.0 Å². The number of rotatable bonds is 3. The van der Waals surface area contributed by atoms with Gasteiger partial charge in [0.15, 0.2) is 0 Å². The molecule has 1 aliphatic rings. The molecule has 0 radical (unpaired) electrons. The second-order valence-corrected chi connectivity index (χ2v) is 5.37. The smallest absolute Gasteiger partial charge is 0.407 e. The van der Waals surface area contributed by atoms with Crippen LogP contribution >= 0.6 is 15.9 Å². The highest BCUT2D eigenvalue weighted by Crippen LogP contribution is 2.33. The molecular weight excluding hydrogens is 330 g/mol. The number of carbonyl (C=O) groups is 1. The van der Waals surface area contributed by atoms with E-state index in [9.17, 15) is 14.9 Å². The van der Waals surface area contributed by atoms with Crippen LogP contribution in [-0.2, 0) is 4.74 Å². The maximum Gasteiger partial charge on any atom is 0.407 e. The van der Waals surface area contributed by atoms with Gasteiger partial charge in [0.05, 0.1) is 18.1 Å². The Hall–Kier alpha value is -1.83. The van der Waals surface area contributed by atoms with E-state index in [-0.39, 0.29) is 11.7 Å². The molecule has 8 heteroatoms. The molecule has 1 aromatic carbocycles. The summed E-state index contributed by atoms with van der Waals surface area (Å²) in [5.74, 6) is 0. The first-order valence-corrected chi connectivity index (χ1v) is 6.84. The maximum absolute atomic E-state index is 11.2. The van der Waals surface area contributed by atoms with Crippen molar-refractivity contribution in [2.45, 2.75) is 12.5 Å². The average Bonchev–Trinajstić information content (AvgIpc) is 2.86. The Kier molecular flexibility index (Phi) is 4.43. The fourth-order valence-corrected chi connectivity index (χ4v) is 2.58. The van der Waals surface area contributed by atoms with Crippen LogP contribution in [0.4, 0.5) is 16.2 Å². The summed E-state index contributed by atoms with van der Waals surface area (Å²) in [7, 11) is 1.31. The van der Waals surface area contributed by atoms with Crippen molar-refractivity contribution in [3.8, 4) is 0 Å². The van der Waals surface area contributed by atoms with Gasteiger partial charge in [-0.05, 0) is 18.6 Å². The van der Waals surface area contributed by atoms with Gasteiger partial charge in [-0.3, -0.25) is 10.1 Å². The van der Waals surface area contributed by atoms with Gasteiger partial charge in [-0.1, -0.05) is 15.9 Å². The van der Waals surface area contributed by atoms with Crippen LogP contribution in [-0.4, -0.2) is 37.3 Å². The number of hydrogen-bond donors (Lipinski definition) is 1. The van der Waals surface area contributed by atoms with Gasteiger partial charge in [-0.15, -0.1) is 0 Å². The van der Waals surface area contributed by atoms with Crippen molar-refractivity contribution in [1.82, 2.24) is 5.32 Å². The molecule has 1 N–H and O–H groups in total. The average molecular weight is 344 g/mol. The number of anilines is 1. The number of nitro benzene ring substituents is 1. The highest BCUT2D eigenvalue weighted by atomic mass is 79.9. The lowest BCUT2D eigenvalue weighted by Crippen LogP contribution is -2.37. The van der Waals surface area contributed by atoms with Crippen molar-refractivity contribution in [2.75, 3.05) is 25.1 Å². The molecule has 1 aliphatic heterocycles. The number of nitrogens with one attached hydrogen (secondary N) is 1. The van der Waals surface area contributed by atoms with Gasteiger partial charge < -0.3 is 15.0 Å². The number of nitrogens with zero attached hydrogens (tertiary/aromatic N) is 2. The standard InChI is InChI=1S/C12H14BrN3O4/c1-20-12(17)14-9-4-5-15(7-9)10-3-2-8(13)6-11(10)16(18)19/h2-3,6,9H,4-5,7H2,1H3,(H,14,17). The Balaban J connectivity index is 2.14. The number of alkyl carbamates (subject to hydrolysis) is 1. The van der Waals surface area contributed by atoms with Crippen molar-refractivity contribution in [3.05, 3.63) is 32.8 Å². The van der Waals surface area contributed by atoms with Crippen LogP contribution in [0.5, 0.6) is 0 Å². The summed E-state index contributed by atoms with van der Waals surface area (Å²) in [5.41, 5.74) is 0.616. The highest BCUT2D eigenvalue weighted by molar-refractivity contribution is 9.10. The van der Waals surface area contributed by atoms with E-state index in [4.69, 9.17) is 0 Å². The fraction of sp³-hybridized carbons (Fsp3) is 0.417. The normalized spacial score (nSPS) is 17.9. The molecule has 7 nitrogen and oxygen atoms in total. The van der Waals surface area contributed by atoms with Crippen molar-refractivity contribution < 1.29 is 14.5 Å². The van der Waals surface area contributed by atoms with E-state index >= 15 is 0 Å². The highest BCUT2D eigenvalue weighted by Gasteiger charge is 2.28. The predicted molar refractivity (Wildman–Crippen MR) is 77.0 cm³/mol. The van der Waals surface area contributed by atoms with Crippen LogP contribution in [0.3, 0.4) is 0 Å². The van der Waals surface area contributed by atoms with Crippen molar-refractivity contribution in [3.63, 3.8) is 0 Å². The topological polar surface area (TPSA) is 84.7 Å². The van der Waals surface area contributed by atoms with Gasteiger partial charge in [0.1, 0.15) is 5.69 Å². The summed E-state index contributed by atoms with van der Waals surface area (Å²) >= 11 is 3.23. The lowest BCUT2D eigenvalue weighted by molar-refractivity contribution is -0.384. The van der Waals surface area contributed by atoms with Gasteiger partial charge in [-0.2, -0.15) is 0 Å². The molecule has 2 rings (SSSR count). The zero-order valence-corrected chi connectivity index (χ0v) is 12.4. The third-order valence-corrected chi connectivity index (χ3v) is 3.66. The van der Waals surface area contributed by atoms with E-state index in [2.05, 4.69) is 26.0 Å². The van der Waals surface area contributed by atoms with Crippen LogP contribution in [0.2, 0.25) is 0 Å². The zero-order chi connectivity index (χ0) is 14.7. The number of amides is 1. The minimum atomic E-state index is -0.484. The largest absolute Gasteiger partial charge is 0.453 e. The van der Waals surface area contributed by atoms with Crippen molar-refractivity contribution in [1.29, 1.82) is 0 Å². The molecule has 1 heterocycles. The molecule has 0 spiro atoms. The number of nitro groups is 1. The number of halogens is 1. The minimum absolute atomic E-state index is 0.0538. The summed E-state index contributed by atoms with van der Waals surface area (Å²) < 4.78 is 5.21. The van der Waals surface area contributed by atoms with Gasteiger partial charge in [0.2, 0.25) is 0 Å². The molecule has 108 valence electrons. The number of methoxy groups -OCH3 is 1. The van der Waals surface area contributed by atoms with E-state index in [1.54, 1.807) is 12.1 Å². The van der Waals surface area contributed by atoms with Crippen LogP contribution in [0.1, 0.15) is 6.42 Å². The van der Waals surface area contributed by atoms with Gasteiger partial charge in [-0.25, -0.2) is 4.79 Å². The number of carbonyl (C=O) groups excluding carboxylic acids is 1. The molecule has 1 atom stereocenters.